The zero-order valence-electron chi connectivity index (χ0n) is 18.6. The number of carbonyl (C=O) groups excluding carboxylic acids is 1. The van der Waals surface area contributed by atoms with Gasteiger partial charge in [0.15, 0.2) is 0 Å². The van der Waals surface area contributed by atoms with E-state index in [2.05, 4.69) is 51.2 Å². The molecule has 0 aromatic heterocycles. The summed E-state index contributed by atoms with van der Waals surface area (Å²) in [6.45, 7) is 12.7. The summed E-state index contributed by atoms with van der Waals surface area (Å²) in [6, 6.07) is 0. The normalized spacial score (nSPS) is 27.8. The van der Waals surface area contributed by atoms with Gasteiger partial charge in [-0.3, -0.25) is 0 Å². The molecule has 1 aliphatic heterocycles. The number of hydrogen-bond acceptors (Lipinski definition) is 4. The van der Waals surface area contributed by atoms with Crippen LogP contribution in [0.4, 0.5) is 0 Å². The fourth-order valence-electron chi connectivity index (χ4n) is 4.40. The van der Waals surface area contributed by atoms with Gasteiger partial charge in [0.2, 0.25) is 6.29 Å². The SMILES string of the molecule is C=C1CCCC(C)(C)C1(O)CCC(C)=CCCC(C)=CCCC1=CC(=O)OC1O. The van der Waals surface area contributed by atoms with E-state index in [0.29, 0.717) is 12.0 Å². The van der Waals surface area contributed by atoms with Crippen LogP contribution in [0, 0.1) is 5.41 Å². The summed E-state index contributed by atoms with van der Waals surface area (Å²) in [4.78, 5) is 11.1. The van der Waals surface area contributed by atoms with E-state index in [-0.39, 0.29) is 5.41 Å². The molecule has 0 radical (unpaired) electrons. The topological polar surface area (TPSA) is 66.8 Å². The largest absolute Gasteiger partial charge is 0.429 e. The summed E-state index contributed by atoms with van der Waals surface area (Å²) < 4.78 is 4.69. The van der Waals surface area contributed by atoms with Crippen LogP contribution in [-0.2, 0) is 9.53 Å². The summed E-state index contributed by atoms with van der Waals surface area (Å²) in [5.41, 5.74) is 3.39. The lowest BCUT2D eigenvalue weighted by Gasteiger charge is -2.48. The number of aliphatic hydroxyl groups is 2. The van der Waals surface area contributed by atoms with Gasteiger partial charge in [0.1, 0.15) is 0 Å². The van der Waals surface area contributed by atoms with Crippen LogP contribution in [0.1, 0.15) is 85.5 Å². The molecule has 162 valence electrons. The molecule has 1 aliphatic carbocycles. The first kappa shape index (κ1) is 23.6. The Kier molecular flexibility index (Phi) is 8.07. The molecule has 1 saturated carbocycles. The van der Waals surface area contributed by atoms with E-state index in [1.807, 2.05) is 0 Å². The first-order valence-corrected chi connectivity index (χ1v) is 10.9. The third kappa shape index (κ3) is 6.16. The van der Waals surface area contributed by atoms with Crippen LogP contribution in [0.25, 0.3) is 0 Å². The molecule has 0 amide bonds. The number of rotatable bonds is 9. The van der Waals surface area contributed by atoms with Crippen LogP contribution in [0.3, 0.4) is 0 Å². The molecule has 1 fully saturated rings. The molecule has 2 rings (SSSR count). The van der Waals surface area contributed by atoms with Crippen molar-refractivity contribution in [1.29, 1.82) is 0 Å². The summed E-state index contributed by atoms with van der Waals surface area (Å²) in [5.74, 6) is -0.460. The number of esters is 1. The number of aliphatic hydroxyl groups excluding tert-OH is 1. The highest BCUT2D eigenvalue weighted by molar-refractivity contribution is 5.85. The van der Waals surface area contributed by atoms with Crippen molar-refractivity contribution in [2.45, 2.75) is 97.4 Å². The van der Waals surface area contributed by atoms with Gasteiger partial charge in [0.05, 0.1) is 5.60 Å². The number of allylic oxidation sites excluding steroid dienone is 4. The van der Waals surface area contributed by atoms with Crippen LogP contribution < -0.4 is 0 Å². The van der Waals surface area contributed by atoms with Gasteiger partial charge >= 0.3 is 5.97 Å². The highest BCUT2D eigenvalue weighted by Gasteiger charge is 2.46. The van der Waals surface area contributed by atoms with Gasteiger partial charge in [-0.1, -0.05) is 43.7 Å². The van der Waals surface area contributed by atoms with Crippen LogP contribution in [0.2, 0.25) is 0 Å². The zero-order chi connectivity index (χ0) is 21.7. The van der Waals surface area contributed by atoms with Crippen molar-refractivity contribution in [3.8, 4) is 0 Å². The fraction of sp³-hybridized carbons (Fsp3) is 0.640. The Morgan fingerprint density at radius 3 is 2.52 bits per heavy atom. The molecule has 0 bridgehead atoms. The Balaban J connectivity index is 1.76. The number of hydrogen-bond donors (Lipinski definition) is 2. The second kappa shape index (κ2) is 9.90. The predicted octanol–water partition coefficient (Wildman–Crippen LogP) is 5.52. The third-order valence-corrected chi connectivity index (χ3v) is 6.67. The van der Waals surface area contributed by atoms with Crippen LogP contribution >= 0.6 is 0 Å². The summed E-state index contributed by atoms with van der Waals surface area (Å²) >= 11 is 0. The predicted molar refractivity (Wildman–Crippen MR) is 117 cm³/mol. The number of ether oxygens (including phenoxy) is 1. The lowest BCUT2D eigenvalue weighted by atomic mass is 9.61. The van der Waals surface area contributed by atoms with E-state index in [0.717, 1.165) is 56.9 Å². The Morgan fingerprint density at radius 1 is 1.24 bits per heavy atom. The van der Waals surface area contributed by atoms with E-state index < -0.39 is 17.9 Å². The molecule has 2 unspecified atom stereocenters. The van der Waals surface area contributed by atoms with Gasteiger partial charge in [-0.15, -0.1) is 0 Å². The van der Waals surface area contributed by atoms with Crippen molar-refractivity contribution >= 4 is 5.97 Å². The summed E-state index contributed by atoms with van der Waals surface area (Å²) in [6.07, 6.45) is 12.9. The third-order valence-electron chi connectivity index (χ3n) is 6.67. The lowest BCUT2D eigenvalue weighted by molar-refractivity contribution is -0.151. The average molecular weight is 403 g/mol. The first-order valence-electron chi connectivity index (χ1n) is 10.9. The fourth-order valence-corrected chi connectivity index (χ4v) is 4.40. The van der Waals surface area contributed by atoms with E-state index >= 15 is 0 Å². The second-order valence-electron chi connectivity index (χ2n) is 9.39. The van der Waals surface area contributed by atoms with Crippen molar-refractivity contribution in [3.63, 3.8) is 0 Å². The van der Waals surface area contributed by atoms with Crippen molar-refractivity contribution in [1.82, 2.24) is 0 Å². The maximum absolute atomic E-state index is 11.3. The minimum absolute atomic E-state index is 0.111. The van der Waals surface area contributed by atoms with Crippen molar-refractivity contribution in [2.75, 3.05) is 0 Å². The van der Waals surface area contributed by atoms with Gasteiger partial charge in [-0.2, -0.15) is 0 Å². The molecule has 4 heteroatoms. The van der Waals surface area contributed by atoms with Gasteiger partial charge < -0.3 is 14.9 Å². The molecule has 1 heterocycles. The quantitative estimate of drug-likeness (QED) is 0.394. The van der Waals surface area contributed by atoms with Gasteiger partial charge in [-0.05, 0) is 82.6 Å². The average Bonchev–Trinajstić information content (AvgIpc) is 2.95. The standard InChI is InChI=1S/C25H38O4/c1-18(11-7-13-21-17-22(26)29-23(21)27)9-6-10-19(2)14-16-25(28)20(3)12-8-15-24(25,4)5/h10-11,17,23,27-28H,3,6-9,12-16H2,1-2,4-5H3. The Labute approximate surface area is 176 Å². The molecule has 2 N–H and O–H groups in total. The molecular formula is C25H38O4. The van der Waals surface area contributed by atoms with E-state index in [9.17, 15) is 15.0 Å². The Bertz CT molecular complexity index is 710. The first-order chi connectivity index (χ1) is 13.5. The molecule has 0 aromatic carbocycles. The van der Waals surface area contributed by atoms with Crippen molar-refractivity contribution in [2.24, 2.45) is 5.41 Å². The smallest absolute Gasteiger partial charge is 0.333 e. The molecule has 0 saturated heterocycles. The Morgan fingerprint density at radius 2 is 1.90 bits per heavy atom. The van der Waals surface area contributed by atoms with Gasteiger partial charge in [0.25, 0.3) is 0 Å². The lowest BCUT2D eigenvalue weighted by Crippen LogP contribution is -2.48. The molecular weight excluding hydrogens is 364 g/mol. The van der Waals surface area contributed by atoms with Gasteiger partial charge in [0, 0.05) is 11.6 Å². The number of cyclic esters (lactones) is 1. The minimum atomic E-state index is -1.07. The van der Waals surface area contributed by atoms with Crippen molar-refractivity contribution < 1.29 is 19.7 Å². The molecule has 0 aromatic rings. The number of carbonyl (C=O) groups is 1. The molecule has 4 nitrogen and oxygen atoms in total. The van der Waals surface area contributed by atoms with Crippen LogP contribution in [-0.4, -0.2) is 28.1 Å². The molecule has 2 aliphatic rings. The minimum Gasteiger partial charge on any atom is -0.429 e. The van der Waals surface area contributed by atoms with Crippen molar-refractivity contribution in [3.05, 3.63) is 47.1 Å². The maximum atomic E-state index is 11.3. The van der Waals surface area contributed by atoms with Gasteiger partial charge in [-0.25, -0.2) is 4.79 Å². The highest BCUT2D eigenvalue weighted by Crippen LogP contribution is 2.49. The molecule has 29 heavy (non-hydrogen) atoms. The Hall–Kier alpha value is -1.65. The monoisotopic (exact) mass is 402 g/mol. The zero-order valence-corrected chi connectivity index (χ0v) is 18.6. The maximum Gasteiger partial charge on any atom is 0.333 e. The molecule has 0 spiro atoms. The van der Waals surface area contributed by atoms with Crippen LogP contribution in [0.15, 0.2) is 47.1 Å². The second-order valence-corrected chi connectivity index (χ2v) is 9.39. The van der Waals surface area contributed by atoms with E-state index in [1.165, 1.54) is 17.2 Å². The van der Waals surface area contributed by atoms with Crippen LogP contribution in [0.5, 0.6) is 0 Å². The van der Waals surface area contributed by atoms with E-state index in [4.69, 9.17) is 0 Å². The summed E-state index contributed by atoms with van der Waals surface area (Å²) in [5, 5.41) is 20.8. The van der Waals surface area contributed by atoms with E-state index in [1.54, 1.807) is 0 Å². The summed E-state index contributed by atoms with van der Waals surface area (Å²) in [7, 11) is 0. The molecule has 2 atom stereocenters. The highest BCUT2D eigenvalue weighted by atomic mass is 16.6.